The molecular weight excluding hydrogens is 266 g/mol. The number of nitro groups is 1. The van der Waals surface area contributed by atoms with Gasteiger partial charge in [-0.15, -0.1) is 0 Å². The number of hydrogen-bond donors (Lipinski definition) is 1. The van der Waals surface area contributed by atoms with E-state index >= 15 is 0 Å². The van der Waals surface area contributed by atoms with Crippen molar-refractivity contribution in [1.82, 2.24) is 4.98 Å². The van der Waals surface area contributed by atoms with E-state index < -0.39 is 4.92 Å². The molecule has 19 heavy (non-hydrogen) atoms. The van der Waals surface area contributed by atoms with E-state index in [1.165, 1.54) is 31.5 Å². The first-order chi connectivity index (χ1) is 9.04. The fraction of sp³-hybridized carbons (Fsp3) is 0.615. The topological polar surface area (TPSA) is 68.1 Å². The highest BCUT2D eigenvalue weighted by Gasteiger charge is 2.12. The third-order valence-electron chi connectivity index (χ3n) is 2.91. The number of halogens is 1. The maximum atomic E-state index is 10.6. The first-order valence-electron chi connectivity index (χ1n) is 6.61. The van der Waals surface area contributed by atoms with E-state index in [-0.39, 0.29) is 16.8 Å². The van der Waals surface area contributed by atoms with Gasteiger partial charge in [0.2, 0.25) is 0 Å². The van der Waals surface area contributed by atoms with Gasteiger partial charge in [0.05, 0.1) is 9.95 Å². The number of unbranched alkanes of at least 4 members (excludes halogenated alkanes) is 3. The SMILES string of the molecule is CCCCCCC(C)Nc1ncc([N+](=O)[O-])cc1Cl. The quantitative estimate of drug-likeness (QED) is 0.436. The molecule has 106 valence electrons. The normalized spacial score (nSPS) is 12.2. The van der Waals surface area contributed by atoms with Crippen molar-refractivity contribution in [2.24, 2.45) is 0 Å². The van der Waals surface area contributed by atoms with Crippen LogP contribution in [0.15, 0.2) is 12.3 Å². The van der Waals surface area contributed by atoms with Gasteiger partial charge >= 0.3 is 0 Å². The van der Waals surface area contributed by atoms with Gasteiger partial charge < -0.3 is 5.32 Å². The average Bonchev–Trinajstić information content (AvgIpc) is 2.37. The Labute approximate surface area is 118 Å². The molecule has 1 aromatic heterocycles. The lowest BCUT2D eigenvalue weighted by Crippen LogP contribution is -2.16. The molecule has 0 amide bonds. The largest absolute Gasteiger partial charge is 0.366 e. The maximum Gasteiger partial charge on any atom is 0.289 e. The summed E-state index contributed by atoms with van der Waals surface area (Å²) in [4.78, 5) is 14.1. The van der Waals surface area contributed by atoms with Gasteiger partial charge in [-0.1, -0.05) is 44.2 Å². The summed E-state index contributed by atoms with van der Waals surface area (Å²) in [5.74, 6) is 0.509. The molecule has 6 heteroatoms. The van der Waals surface area contributed by atoms with Crippen LogP contribution in [0.4, 0.5) is 11.5 Å². The van der Waals surface area contributed by atoms with Gasteiger partial charge in [-0.2, -0.15) is 0 Å². The highest BCUT2D eigenvalue weighted by atomic mass is 35.5. The standard InChI is InChI=1S/C13H20ClN3O2/c1-3-4-5-6-7-10(2)16-13-12(14)8-11(9-15-13)17(18)19/h8-10H,3-7H2,1-2H3,(H,15,16). The number of pyridine rings is 1. The molecule has 0 radical (unpaired) electrons. The fourth-order valence-corrected chi connectivity index (χ4v) is 2.03. The number of aromatic nitrogens is 1. The van der Waals surface area contributed by atoms with Gasteiger partial charge in [-0.3, -0.25) is 10.1 Å². The van der Waals surface area contributed by atoms with Crippen LogP contribution in [0.1, 0.15) is 46.0 Å². The Kier molecular flexibility index (Phi) is 6.56. The molecule has 0 aromatic carbocycles. The van der Waals surface area contributed by atoms with Crippen LogP contribution >= 0.6 is 11.6 Å². The second-order valence-corrected chi connectivity index (χ2v) is 5.08. The summed E-state index contributed by atoms with van der Waals surface area (Å²) in [6.45, 7) is 4.24. The second-order valence-electron chi connectivity index (χ2n) is 4.68. The number of rotatable bonds is 8. The first-order valence-corrected chi connectivity index (χ1v) is 6.98. The van der Waals surface area contributed by atoms with Crippen LogP contribution in [0, 0.1) is 10.1 Å². The van der Waals surface area contributed by atoms with Crippen molar-refractivity contribution in [3.8, 4) is 0 Å². The van der Waals surface area contributed by atoms with E-state index in [4.69, 9.17) is 11.6 Å². The van der Waals surface area contributed by atoms with Crippen molar-refractivity contribution in [3.05, 3.63) is 27.4 Å². The molecule has 0 aliphatic carbocycles. The van der Waals surface area contributed by atoms with Gasteiger partial charge in [0.15, 0.2) is 0 Å². The third-order valence-corrected chi connectivity index (χ3v) is 3.20. The predicted octanol–water partition coefficient (Wildman–Crippen LogP) is 4.41. The fourth-order valence-electron chi connectivity index (χ4n) is 1.82. The smallest absolute Gasteiger partial charge is 0.289 e. The lowest BCUT2D eigenvalue weighted by atomic mass is 10.1. The maximum absolute atomic E-state index is 10.6. The van der Waals surface area contributed by atoms with Gasteiger partial charge in [-0.25, -0.2) is 4.98 Å². The lowest BCUT2D eigenvalue weighted by Gasteiger charge is -2.15. The molecule has 0 spiro atoms. The molecule has 0 aliphatic rings. The number of anilines is 1. The van der Waals surface area contributed by atoms with E-state index in [1.54, 1.807) is 0 Å². The summed E-state index contributed by atoms with van der Waals surface area (Å²) in [5.41, 5.74) is -0.0915. The zero-order valence-electron chi connectivity index (χ0n) is 11.4. The number of hydrogen-bond acceptors (Lipinski definition) is 4. The molecule has 0 aliphatic heterocycles. The van der Waals surface area contributed by atoms with Crippen LogP contribution < -0.4 is 5.32 Å². The Morgan fingerprint density at radius 3 is 2.79 bits per heavy atom. The van der Waals surface area contributed by atoms with Crippen molar-refractivity contribution in [1.29, 1.82) is 0 Å². The second kappa shape index (κ2) is 7.94. The summed E-state index contributed by atoms with van der Waals surface area (Å²) in [7, 11) is 0. The molecule has 1 N–H and O–H groups in total. The molecule has 0 fully saturated rings. The van der Waals surface area contributed by atoms with Gasteiger partial charge in [0.1, 0.15) is 12.0 Å². The van der Waals surface area contributed by atoms with Crippen LogP contribution in [0.3, 0.4) is 0 Å². The highest BCUT2D eigenvalue weighted by Crippen LogP contribution is 2.24. The first kappa shape index (κ1) is 15.7. The summed E-state index contributed by atoms with van der Waals surface area (Å²) >= 11 is 5.97. The summed E-state index contributed by atoms with van der Waals surface area (Å²) in [5, 5.41) is 14.1. The van der Waals surface area contributed by atoms with Crippen LogP contribution in [0.2, 0.25) is 5.02 Å². The average molecular weight is 286 g/mol. The van der Waals surface area contributed by atoms with Crippen LogP contribution in [-0.2, 0) is 0 Å². The van der Waals surface area contributed by atoms with Crippen molar-refractivity contribution in [3.63, 3.8) is 0 Å². The third kappa shape index (κ3) is 5.42. The Morgan fingerprint density at radius 2 is 2.21 bits per heavy atom. The van der Waals surface area contributed by atoms with E-state index in [1.807, 2.05) is 0 Å². The molecule has 1 unspecified atom stereocenters. The summed E-state index contributed by atoms with van der Waals surface area (Å²) in [6.07, 6.45) is 7.12. The molecule has 1 rings (SSSR count). The Hall–Kier alpha value is -1.36. The van der Waals surface area contributed by atoms with Crippen molar-refractivity contribution in [2.75, 3.05) is 5.32 Å². The monoisotopic (exact) mass is 285 g/mol. The van der Waals surface area contributed by atoms with Gasteiger partial charge in [-0.05, 0) is 13.3 Å². The minimum absolute atomic E-state index is 0.0915. The zero-order chi connectivity index (χ0) is 14.3. The molecule has 5 nitrogen and oxygen atoms in total. The van der Waals surface area contributed by atoms with Crippen LogP contribution in [0.25, 0.3) is 0 Å². The minimum atomic E-state index is -0.503. The van der Waals surface area contributed by atoms with E-state index in [2.05, 4.69) is 24.1 Å². The molecule has 0 bridgehead atoms. The molecule has 1 aromatic rings. The summed E-state index contributed by atoms with van der Waals surface area (Å²) < 4.78 is 0. The molecule has 1 heterocycles. The minimum Gasteiger partial charge on any atom is -0.366 e. The molecule has 0 saturated heterocycles. The molecule has 1 atom stereocenters. The van der Waals surface area contributed by atoms with Crippen LogP contribution in [-0.4, -0.2) is 15.9 Å². The van der Waals surface area contributed by atoms with E-state index in [0.717, 1.165) is 12.8 Å². The van der Waals surface area contributed by atoms with Gasteiger partial charge in [0, 0.05) is 12.1 Å². The summed E-state index contributed by atoms with van der Waals surface area (Å²) in [6, 6.07) is 1.57. The lowest BCUT2D eigenvalue weighted by molar-refractivity contribution is -0.385. The van der Waals surface area contributed by atoms with E-state index in [9.17, 15) is 10.1 Å². The predicted molar refractivity (Wildman–Crippen MR) is 77.7 cm³/mol. The molecule has 0 saturated carbocycles. The van der Waals surface area contributed by atoms with E-state index in [0.29, 0.717) is 5.82 Å². The Bertz CT molecular complexity index is 426. The Balaban J connectivity index is 2.50. The molecular formula is C13H20ClN3O2. The van der Waals surface area contributed by atoms with Gasteiger partial charge in [0.25, 0.3) is 5.69 Å². The van der Waals surface area contributed by atoms with Crippen molar-refractivity contribution >= 4 is 23.1 Å². The highest BCUT2D eigenvalue weighted by molar-refractivity contribution is 6.33. The zero-order valence-corrected chi connectivity index (χ0v) is 12.1. The van der Waals surface area contributed by atoms with Crippen LogP contribution in [0.5, 0.6) is 0 Å². The van der Waals surface area contributed by atoms with Crippen molar-refractivity contribution in [2.45, 2.75) is 52.0 Å². The Morgan fingerprint density at radius 1 is 1.47 bits per heavy atom. The number of nitrogens with zero attached hydrogens (tertiary/aromatic N) is 2. The number of nitrogens with one attached hydrogen (secondary N) is 1. The van der Waals surface area contributed by atoms with Crippen molar-refractivity contribution < 1.29 is 4.92 Å².